The predicted octanol–water partition coefficient (Wildman–Crippen LogP) is 1.26. The monoisotopic (exact) mass is 724 g/mol. The minimum absolute atomic E-state index is 0.0128. The maximum atomic E-state index is 12.5. The molecule has 0 aliphatic rings. The number of carbonyl (C=O) groups excluding carboxylic acids is 3. The zero-order chi connectivity index (χ0) is 37.1. The number of ketones is 1. The number of hydrogen-bond acceptors (Lipinski definition) is 13. The first-order valence-electron chi connectivity index (χ1n) is 17.6. The van der Waals surface area contributed by atoms with Gasteiger partial charge in [-0.05, 0) is 12.3 Å². The van der Waals surface area contributed by atoms with Crippen LogP contribution in [0.25, 0.3) is 0 Å². The Labute approximate surface area is 297 Å². The highest BCUT2D eigenvalue weighted by atomic mass is 16.6. The van der Waals surface area contributed by atoms with Crippen molar-refractivity contribution in [1.82, 2.24) is 10.6 Å². The maximum Gasteiger partial charge on any atom is 0.305 e. The van der Waals surface area contributed by atoms with E-state index in [-0.39, 0.29) is 56.1 Å². The molecule has 16 nitrogen and oxygen atoms in total. The number of Topliss-reactive ketones (excluding diaryl/α,β-unsaturated/α-hetero) is 1. The lowest BCUT2D eigenvalue weighted by molar-refractivity contribution is -0.138. The smallest absolute Gasteiger partial charge is 0.305 e. The lowest BCUT2D eigenvalue weighted by Gasteiger charge is -2.20. The van der Waals surface area contributed by atoms with E-state index in [1.165, 1.54) is 0 Å². The van der Waals surface area contributed by atoms with E-state index in [0.29, 0.717) is 118 Å². The number of aliphatic carboxylic acids is 1. The Hall–Kier alpha value is -2.28. The van der Waals surface area contributed by atoms with Crippen molar-refractivity contribution in [2.24, 2.45) is 11.8 Å². The van der Waals surface area contributed by atoms with Gasteiger partial charge in [-0.1, -0.05) is 27.7 Å². The number of carbonyl (C=O) groups is 4. The fourth-order valence-electron chi connectivity index (χ4n) is 3.80. The van der Waals surface area contributed by atoms with Crippen LogP contribution < -0.4 is 10.6 Å². The third kappa shape index (κ3) is 34.2. The summed E-state index contributed by atoms with van der Waals surface area (Å²) >= 11 is 0. The van der Waals surface area contributed by atoms with Crippen LogP contribution in [0.1, 0.15) is 53.4 Å². The Morgan fingerprint density at radius 2 is 0.820 bits per heavy atom. The molecule has 0 aliphatic carbocycles. The first kappa shape index (κ1) is 47.7. The largest absolute Gasteiger partial charge is 0.481 e. The summed E-state index contributed by atoms with van der Waals surface area (Å²) in [5.74, 6) is -1.32. The molecule has 0 rings (SSSR count). The number of ether oxygens (including phenoxy) is 9. The second-order valence-corrected chi connectivity index (χ2v) is 11.8. The summed E-state index contributed by atoms with van der Waals surface area (Å²) < 4.78 is 48.5. The number of nitrogens with one attached hydrogen (secondary N) is 2. The minimum atomic E-state index is -0.883. The number of rotatable bonds is 38. The minimum Gasteiger partial charge on any atom is -0.481 e. The summed E-state index contributed by atoms with van der Waals surface area (Å²) in [5, 5.41) is 14.0. The molecular formula is C34H64N2O14. The number of carboxylic acid groups (broad SMARTS) is 1. The van der Waals surface area contributed by atoms with Crippen LogP contribution >= 0.6 is 0 Å². The average molecular weight is 725 g/mol. The molecule has 0 aromatic heterocycles. The molecule has 0 aliphatic heterocycles. The van der Waals surface area contributed by atoms with Crippen LogP contribution in [0.5, 0.6) is 0 Å². The van der Waals surface area contributed by atoms with Gasteiger partial charge in [-0.2, -0.15) is 0 Å². The van der Waals surface area contributed by atoms with Gasteiger partial charge < -0.3 is 58.4 Å². The summed E-state index contributed by atoms with van der Waals surface area (Å²) in [4.78, 5) is 47.2. The topological polar surface area (TPSA) is 196 Å². The van der Waals surface area contributed by atoms with Gasteiger partial charge >= 0.3 is 5.97 Å². The van der Waals surface area contributed by atoms with E-state index in [1.54, 1.807) is 13.8 Å². The third-order valence-electron chi connectivity index (χ3n) is 6.61. The fraction of sp³-hybridized carbons (Fsp3) is 0.882. The van der Waals surface area contributed by atoms with Gasteiger partial charge in [0.25, 0.3) is 0 Å². The number of hydrogen-bond donors (Lipinski definition) is 3. The van der Waals surface area contributed by atoms with Crippen LogP contribution in [-0.2, 0) is 61.8 Å². The molecular weight excluding hydrogens is 660 g/mol. The zero-order valence-corrected chi connectivity index (χ0v) is 30.7. The van der Waals surface area contributed by atoms with Gasteiger partial charge in [0.15, 0.2) is 5.78 Å². The number of carboxylic acids is 1. The van der Waals surface area contributed by atoms with Crippen LogP contribution in [0.4, 0.5) is 0 Å². The van der Waals surface area contributed by atoms with Crippen molar-refractivity contribution >= 4 is 23.6 Å². The van der Waals surface area contributed by atoms with Crippen molar-refractivity contribution in [3.63, 3.8) is 0 Å². The third-order valence-corrected chi connectivity index (χ3v) is 6.61. The molecule has 2 amide bonds. The van der Waals surface area contributed by atoms with Gasteiger partial charge in [-0.3, -0.25) is 19.2 Å². The summed E-state index contributed by atoms with van der Waals surface area (Å²) in [5.41, 5.74) is 0. The highest BCUT2D eigenvalue weighted by Crippen LogP contribution is 2.05. The van der Waals surface area contributed by atoms with Gasteiger partial charge in [0.1, 0.15) is 6.04 Å². The van der Waals surface area contributed by atoms with Gasteiger partial charge in [-0.25, -0.2) is 0 Å². The Bertz CT molecular complexity index is 847. The first-order chi connectivity index (χ1) is 24.1. The van der Waals surface area contributed by atoms with E-state index in [2.05, 4.69) is 10.6 Å². The van der Waals surface area contributed by atoms with Crippen LogP contribution in [-0.4, -0.2) is 160 Å². The highest BCUT2D eigenvalue weighted by Gasteiger charge is 2.23. The van der Waals surface area contributed by atoms with Crippen molar-refractivity contribution in [2.75, 3.05) is 125 Å². The van der Waals surface area contributed by atoms with Crippen molar-refractivity contribution in [3.05, 3.63) is 0 Å². The maximum absolute atomic E-state index is 12.5. The first-order valence-corrected chi connectivity index (χ1v) is 17.6. The summed E-state index contributed by atoms with van der Waals surface area (Å²) in [7, 11) is 0. The van der Waals surface area contributed by atoms with Crippen molar-refractivity contribution in [2.45, 2.75) is 59.4 Å². The second-order valence-electron chi connectivity index (χ2n) is 11.8. The van der Waals surface area contributed by atoms with E-state index >= 15 is 0 Å². The fourth-order valence-corrected chi connectivity index (χ4v) is 3.80. The summed E-state index contributed by atoms with van der Waals surface area (Å²) in [6, 6.07) is -0.748. The molecule has 3 N–H and O–H groups in total. The van der Waals surface area contributed by atoms with Crippen molar-refractivity contribution in [1.29, 1.82) is 0 Å². The molecule has 0 fully saturated rings. The van der Waals surface area contributed by atoms with Gasteiger partial charge in [0.05, 0.1) is 125 Å². The SMILES string of the molecule is CC(C)CCC(=O)N[C@@H](CNC(=O)CCOCCOCCOCCOCCOCCOCCOCCOCCOCCC(=O)O)C(=O)C(C)C. The van der Waals surface area contributed by atoms with E-state index in [1.807, 2.05) is 13.8 Å². The lowest BCUT2D eigenvalue weighted by Crippen LogP contribution is -2.49. The van der Waals surface area contributed by atoms with Crippen molar-refractivity contribution in [3.8, 4) is 0 Å². The van der Waals surface area contributed by atoms with Crippen LogP contribution in [0, 0.1) is 11.8 Å². The van der Waals surface area contributed by atoms with Gasteiger partial charge in [0, 0.05) is 25.3 Å². The summed E-state index contributed by atoms with van der Waals surface area (Å²) in [6.07, 6.45) is 1.20. The van der Waals surface area contributed by atoms with E-state index < -0.39 is 12.0 Å². The van der Waals surface area contributed by atoms with Crippen LogP contribution in [0.15, 0.2) is 0 Å². The van der Waals surface area contributed by atoms with E-state index in [0.717, 1.165) is 6.42 Å². The van der Waals surface area contributed by atoms with Gasteiger partial charge in [-0.15, -0.1) is 0 Å². The molecule has 0 heterocycles. The van der Waals surface area contributed by atoms with E-state index in [4.69, 9.17) is 47.7 Å². The van der Waals surface area contributed by atoms with E-state index in [9.17, 15) is 19.2 Å². The molecule has 0 unspecified atom stereocenters. The molecule has 0 aromatic carbocycles. The Morgan fingerprint density at radius 1 is 0.480 bits per heavy atom. The predicted molar refractivity (Wildman–Crippen MR) is 183 cm³/mol. The van der Waals surface area contributed by atoms with Gasteiger partial charge in [0.2, 0.25) is 11.8 Å². The zero-order valence-electron chi connectivity index (χ0n) is 30.7. The molecule has 0 saturated carbocycles. The highest BCUT2D eigenvalue weighted by molar-refractivity contribution is 5.91. The van der Waals surface area contributed by atoms with Crippen molar-refractivity contribution < 1.29 is 66.9 Å². The Morgan fingerprint density at radius 3 is 1.14 bits per heavy atom. The molecule has 294 valence electrons. The average Bonchev–Trinajstić information content (AvgIpc) is 3.07. The molecule has 0 aromatic rings. The second kappa shape index (κ2) is 35.1. The van der Waals surface area contributed by atoms with Crippen LogP contribution in [0.2, 0.25) is 0 Å². The normalized spacial score (nSPS) is 12.0. The molecule has 16 heteroatoms. The Kier molecular flexibility index (Phi) is 33.5. The Balaban J connectivity index is 3.45. The standard InChI is InChI=1S/C34H64N2O14/c1-28(2)5-6-32(38)36-30(34(41)29(3)4)27-35-31(37)7-9-42-11-13-44-15-17-46-19-21-48-23-25-50-26-24-49-22-20-47-18-16-45-14-12-43-10-8-33(39)40/h28-30H,5-27H2,1-4H3,(H,35,37)(H,36,38)(H,39,40)/t30-/m0/s1. The molecule has 0 bridgehead atoms. The molecule has 0 spiro atoms. The molecule has 0 saturated heterocycles. The number of amides is 2. The lowest BCUT2D eigenvalue weighted by atomic mass is 10.0. The molecule has 50 heavy (non-hydrogen) atoms. The molecule has 0 radical (unpaired) electrons. The van der Waals surface area contributed by atoms with Crippen LogP contribution in [0.3, 0.4) is 0 Å². The molecule has 1 atom stereocenters. The quantitative estimate of drug-likeness (QED) is 0.0770. The summed E-state index contributed by atoms with van der Waals surface area (Å²) in [6.45, 7) is 14.8.